The Labute approximate surface area is 200 Å². The van der Waals surface area contributed by atoms with Crippen LogP contribution < -0.4 is 14.7 Å². The summed E-state index contributed by atoms with van der Waals surface area (Å²) < 4.78 is 11.4. The molecule has 9 heteroatoms. The normalized spacial score (nSPS) is 20.9. The van der Waals surface area contributed by atoms with Crippen LogP contribution in [-0.4, -0.2) is 68.2 Å². The van der Waals surface area contributed by atoms with Crippen LogP contribution in [0, 0.1) is 0 Å². The maximum atomic E-state index is 13.1. The number of ketones is 1. The lowest BCUT2D eigenvalue weighted by molar-refractivity contribution is -0.907. The number of halogens is 1. The number of aliphatic hydroxyl groups excluding tert-OH is 1. The van der Waals surface area contributed by atoms with Crippen molar-refractivity contribution in [3.8, 4) is 11.5 Å². The summed E-state index contributed by atoms with van der Waals surface area (Å²) in [5.74, 6) is -1.86. The Hall–Kier alpha value is -2.88. The lowest BCUT2D eigenvalue weighted by Gasteiger charge is -2.29. The number of morpholine rings is 1. The van der Waals surface area contributed by atoms with Gasteiger partial charge in [0.25, 0.3) is 11.7 Å². The van der Waals surface area contributed by atoms with Gasteiger partial charge in [0.2, 0.25) is 0 Å². The molecule has 8 nitrogen and oxygen atoms in total. The van der Waals surface area contributed by atoms with Gasteiger partial charge in [-0.15, -0.1) is 0 Å². The number of likely N-dealkylation sites (tertiary alicyclic amines) is 1. The fourth-order valence-corrected chi connectivity index (χ4v) is 4.53. The molecule has 0 radical (unpaired) electrons. The van der Waals surface area contributed by atoms with E-state index >= 15 is 0 Å². The van der Waals surface area contributed by atoms with Crippen LogP contribution in [0.4, 0.5) is 0 Å². The Kier molecular flexibility index (Phi) is 7.02. The summed E-state index contributed by atoms with van der Waals surface area (Å²) in [5.41, 5.74) is 0.953. The summed E-state index contributed by atoms with van der Waals surface area (Å²) in [7, 11) is 1.39. The summed E-state index contributed by atoms with van der Waals surface area (Å²) in [6.45, 7) is 3.93. The topological polar surface area (TPSA) is 104 Å². The van der Waals surface area contributed by atoms with E-state index in [1.807, 2.05) is 0 Å². The number of hydrogen-bond acceptors (Lipinski definition) is 6. The van der Waals surface area contributed by atoms with E-state index in [1.165, 1.54) is 29.0 Å². The van der Waals surface area contributed by atoms with Gasteiger partial charge in [-0.25, -0.2) is 0 Å². The van der Waals surface area contributed by atoms with Gasteiger partial charge in [0.15, 0.2) is 0 Å². The molecule has 0 aliphatic carbocycles. The number of Topliss-reactive ketones (excluding diaryl/α,β-unsaturated/α-hetero) is 1. The van der Waals surface area contributed by atoms with Crippen molar-refractivity contribution in [2.75, 3.05) is 46.5 Å². The van der Waals surface area contributed by atoms with E-state index < -0.39 is 17.7 Å². The molecule has 1 amide bonds. The summed E-state index contributed by atoms with van der Waals surface area (Å²) in [5, 5.41) is 23.2. The van der Waals surface area contributed by atoms with Gasteiger partial charge < -0.3 is 29.5 Å². The van der Waals surface area contributed by atoms with Gasteiger partial charge in [-0.3, -0.25) is 9.59 Å². The summed E-state index contributed by atoms with van der Waals surface area (Å²) in [4.78, 5) is 29.0. The zero-order valence-electron chi connectivity index (χ0n) is 18.2. The molecule has 0 spiro atoms. The van der Waals surface area contributed by atoms with E-state index in [-0.39, 0.29) is 22.8 Å². The molecular formula is C24H25BrN2O6. The van der Waals surface area contributed by atoms with Gasteiger partial charge in [0, 0.05) is 10.0 Å². The number of methoxy groups -OCH3 is 1. The first kappa shape index (κ1) is 23.3. The van der Waals surface area contributed by atoms with Crippen LogP contribution in [0.2, 0.25) is 0 Å². The first-order valence-electron chi connectivity index (χ1n) is 10.7. The van der Waals surface area contributed by atoms with Crippen LogP contribution >= 0.6 is 15.9 Å². The second kappa shape index (κ2) is 9.94. The van der Waals surface area contributed by atoms with Crippen molar-refractivity contribution in [3.05, 3.63) is 63.6 Å². The molecular weight excluding hydrogens is 492 g/mol. The minimum Gasteiger partial charge on any atom is -0.870 e. The third-order valence-corrected chi connectivity index (χ3v) is 6.60. The van der Waals surface area contributed by atoms with E-state index in [9.17, 15) is 19.8 Å². The zero-order valence-corrected chi connectivity index (χ0v) is 19.8. The zero-order chi connectivity index (χ0) is 23.5. The average Bonchev–Trinajstić information content (AvgIpc) is 3.08. The summed E-state index contributed by atoms with van der Waals surface area (Å²) in [6.07, 6.45) is 0. The van der Waals surface area contributed by atoms with Crippen LogP contribution in [0.1, 0.15) is 17.2 Å². The van der Waals surface area contributed by atoms with Crippen molar-refractivity contribution in [3.63, 3.8) is 0 Å². The number of hydrogen-bond donors (Lipinski definition) is 2. The molecule has 2 N–H and O–H groups in total. The number of amides is 1. The molecule has 2 aliphatic heterocycles. The van der Waals surface area contributed by atoms with Crippen molar-refractivity contribution in [1.82, 2.24) is 4.90 Å². The number of benzene rings is 2. The van der Waals surface area contributed by atoms with Crippen molar-refractivity contribution < 1.29 is 34.2 Å². The van der Waals surface area contributed by atoms with Gasteiger partial charge in [0.1, 0.15) is 24.6 Å². The number of rotatable bonds is 6. The van der Waals surface area contributed by atoms with Crippen LogP contribution in [0.15, 0.2) is 52.5 Å². The van der Waals surface area contributed by atoms with E-state index in [0.29, 0.717) is 37.4 Å². The van der Waals surface area contributed by atoms with Gasteiger partial charge in [-0.1, -0.05) is 45.9 Å². The highest BCUT2D eigenvalue weighted by molar-refractivity contribution is 9.10. The van der Waals surface area contributed by atoms with Crippen molar-refractivity contribution in [1.29, 1.82) is 0 Å². The Morgan fingerprint density at radius 2 is 1.91 bits per heavy atom. The van der Waals surface area contributed by atoms with Gasteiger partial charge in [0.05, 0.1) is 45.0 Å². The number of aliphatic hydroxyl groups is 1. The van der Waals surface area contributed by atoms with Gasteiger partial charge in [-0.05, 0) is 23.8 Å². The molecule has 2 aromatic rings. The van der Waals surface area contributed by atoms with Gasteiger partial charge >= 0.3 is 0 Å². The molecule has 0 bridgehead atoms. The quantitative estimate of drug-likeness (QED) is 0.335. The molecule has 4 rings (SSSR count). The highest BCUT2D eigenvalue weighted by atomic mass is 79.9. The minimum atomic E-state index is -0.830. The second-order valence-electron chi connectivity index (χ2n) is 8.02. The maximum absolute atomic E-state index is 13.1. The third kappa shape index (κ3) is 4.75. The largest absolute Gasteiger partial charge is 0.870 e. The minimum absolute atomic E-state index is 0.00000184. The highest BCUT2D eigenvalue weighted by Gasteiger charge is 2.46. The smallest absolute Gasteiger partial charge is 0.295 e. The maximum Gasteiger partial charge on any atom is 0.295 e. The molecule has 1 unspecified atom stereocenters. The molecule has 2 heterocycles. The summed E-state index contributed by atoms with van der Waals surface area (Å²) >= 11 is 3.36. The Morgan fingerprint density at radius 1 is 1.21 bits per heavy atom. The van der Waals surface area contributed by atoms with Crippen LogP contribution in [-0.2, 0) is 14.3 Å². The van der Waals surface area contributed by atoms with E-state index in [2.05, 4.69) is 15.9 Å². The van der Waals surface area contributed by atoms with E-state index in [1.54, 1.807) is 30.3 Å². The van der Waals surface area contributed by atoms with Crippen molar-refractivity contribution >= 4 is 33.4 Å². The number of carbonyl (C=O) groups excluding carboxylic acids is 2. The SMILES string of the molecule is COc1cc(C2/C(=C(/O)c3ccc(Br)cc3)C(=O)C(=O)N2CC[NH+]2CCOCC2)ccc1[O-]. The second-order valence-corrected chi connectivity index (χ2v) is 8.94. The third-order valence-electron chi connectivity index (χ3n) is 6.07. The Balaban J connectivity index is 1.76. The lowest BCUT2D eigenvalue weighted by Crippen LogP contribution is -3.14. The number of nitrogens with zero attached hydrogens (tertiary/aromatic N) is 1. The fourth-order valence-electron chi connectivity index (χ4n) is 4.26. The van der Waals surface area contributed by atoms with Crippen molar-refractivity contribution in [2.45, 2.75) is 6.04 Å². The summed E-state index contributed by atoms with van der Waals surface area (Å²) in [6, 6.07) is 10.5. The standard InChI is InChI=1S/C24H25BrN2O6/c1-32-19-14-16(4-7-18(19)28)21-20(22(29)15-2-5-17(25)6-3-15)23(30)24(31)27(21)9-8-26-10-12-33-13-11-26/h2-7,14,21,28-29H,8-13H2,1H3/b22-20-. The molecule has 0 saturated carbocycles. The number of quaternary nitrogens is 1. The molecule has 1 atom stereocenters. The van der Waals surface area contributed by atoms with Crippen LogP contribution in [0.3, 0.4) is 0 Å². The number of carbonyl (C=O) groups is 2. The Morgan fingerprint density at radius 3 is 2.58 bits per heavy atom. The molecule has 2 aromatic carbocycles. The van der Waals surface area contributed by atoms with Crippen molar-refractivity contribution in [2.24, 2.45) is 0 Å². The monoisotopic (exact) mass is 516 g/mol. The molecule has 2 fully saturated rings. The molecule has 0 aromatic heterocycles. The molecule has 2 saturated heterocycles. The number of nitrogens with one attached hydrogen (secondary N) is 1. The van der Waals surface area contributed by atoms with Crippen LogP contribution in [0.5, 0.6) is 11.5 Å². The Bertz CT molecular complexity index is 1080. The van der Waals surface area contributed by atoms with Gasteiger partial charge in [-0.2, -0.15) is 0 Å². The molecule has 174 valence electrons. The number of ether oxygens (including phenoxy) is 2. The molecule has 2 aliphatic rings. The highest BCUT2D eigenvalue weighted by Crippen LogP contribution is 2.41. The first-order chi connectivity index (χ1) is 15.9. The first-order valence-corrected chi connectivity index (χ1v) is 11.5. The fraction of sp³-hybridized carbons (Fsp3) is 0.333. The lowest BCUT2D eigenvalue weighted by atomic mass is 9.95. The molecule has 33 heavy (non-hydrogen) atoms. The predicted molar refractivity (Wildman–Crippen MR) is 122 cm³/mol. The van der Waals surface area contributed by atoms with E-state index in [0.717, 1.165) is 17.6 Å². The van der Waals surface area contributed by atoms with Crippen LogP contribution in [0.25, 0.3) is 5.76 Å². The van der Waals surface area contributed by atoms with E-state index in [4.69, 9.17) is 9.47 Å². The average molecular weight is 517 g/mol. The predicted octanol–water partition coefficient (Wildman–Crippen LogP) is 0.868.